The largest absolute Gasteiger partial charge is 0.464 e. The third-order valence-electron chi connectivity index (χ3n) is 2.99. The van der Waals surface area contributed by atoms with E-state index in [0.717, 1.165) is 13.1 Å². The SMILES string of the molecule is CC(=O)OC[C@]1(C)CN1Cc1ccccc1. The normalized spacial score (nSPS) is 27.5. The molecular weight excluding hydrogens is 202 g/mol. The number of benzene rings is 1. The third kappa shape index (κ3) is 2.61. The van der Waals surface area contributed by atoms with Gasteiger partial charge in [-0.3, -0.25) is 9.69 Å². The van der Waals surface area contributed by atoms with Crippen LogP contribution in [-0.4, -0.2) is 29.6 Å². The molecule has 3 heteroatoms. The van der Waals surface area contributed by atoms with Crippen LogP contribution in [0.15, 0.2) is 30.3 Å². The van der Waals surface area contributed by atoms with Gasteiger partial charge in [0.05, 0.1) is 5.54 Å². The van der Waals surface area contributed by atoms with Gasteiger partial charge in [-0.1, -0.05) is 30.3 Å². The predicted molar refractivity (Wildman–Crippen MR) is 61.9 cm³/mol. The fraction of sp³-hybridized carbons (Fsp3) is 0.462. The van der Waals surface area contributed by atoms with Crippen molar-refractivity contribution in [3.63, 3.8) is 0 Å². The van der Waals surface area contributed by atoms with Crippen LogP contribution in [0.4, 0.5) is 0 Å². The van der Waals surface area contributed by atoms with Gasteiger partial charge in [0.25, 0.3) is 0 Å². The highest BCUT2D eigenvalue weighted by Gasteiger charge is 2.48. The minimum atomic E-state index is -0.201. The maximum Gasteiger partial charge on any atom is 0.302 e. The van der Waals surface area contributed by atoms with Crippen LogP contribution >= 0.6 is 0 Å². The van der Waals surface area contributed by atoms with E-state index in [1.165, 1.54) is 12.5 Å². The van der Waals surface area contributed by atoms with Gasteiger partial charge in [0.1, 0.15) is 6.61 Å². The van der Waals surface area contributed by atoms with E-state index in [0.29, 0.717) is 6.61 Å². The van der Waals surface area contributed by atoms with Crippen molar-refractivity contribution in [3.8, 4) is 0 Å². The molecule has 2 atom stereocenters. The first-order valence-electron chi connectivity index (χ1n) is 5.52. The maximum atomic E-state index is 10.7. The highest BCUT2D eigenvalue weighted by Crippen LogP contribution is 2.33. The molecule has 1 aromatic rings. The molecule has 3 nitrogen and oxygen atoms in total. The van der Waals surface area contributed by atoms with Gasteiger partial charge in [-0.25, -0.2) is 0 Å². The monoisotopic (exact) mass is 219 g/mol. The van der Waals surface area contributed by atoms with Gasteiger partial charge in [-0.2, -0.15) is 0 Å². The lowest BCUT2D eigenvalue weighted by atomic mass is 10.2. The van der Waals surface area contributed by atoms with Gasteiger partial charge < -0.3 is 4.74 Å². The summed E-state index contributed by atoms with van der Waals surface area (Å²) in [5.74, 6) is -0.201. The Hall–Kier alpha value is -1.35. The molecule has 0 amide bonds. The summed E-state index contributed by atoms with van der Waals surface area (Å²) in [7, 11) is 0. The minimum Gasteiger partial charge on any atom is -0.464 e. The average molecular weight is 219 g/mol. The molecule has 1 saturated heterocycles. The number of nitrogens with zero attached hydrogens (tertiary/aromatic N) is 1. The molecule has 86 valence electrons. The van der Waals surface area contributed by atoms with Crippen molar-refractivity contribution in [2.45, 2.75) is 25.9 Å². The molecule has 0 aromatic heterocycles. The lowest BCUT2D eigenvalue weighted by molar-refractivity contribution is -0.142. The van der Waals surface area contributed by atoms with Gasteiger partial charge in [0.2, 0.25) is 0 Å². The Balaban J connectivity index is 1.84. The molecule has 0 bridgehead atoms. The van der Waals surface area contributed by atoms with E-state index in [1.807, 2.05) is 18.2 Å². The highest BCUT2D eigenvalue weighted by atomic mass is 16.5. The second-order valence-corrected chi connectivity index (χ2v) is 4.62. The summed E-state index contributed by atoms with van der Waals surface area (Å²) in [6.45, 7) is 6.00. The number of hydrogen-bond donors (Lipinski definition) is 0. The maximum absolute atomic E-state index is 10.7. The predicted octanol–water partition coefficient (Wildman–Crippen LogP) is 1.82. The van der Waals surface area contributed by atoms with Crippen LogP contribution in [0.2, 0.25) is 0 Å². The van der Waals surface area contributed by atoms with Gasteiger partial charge in [0, 0.05) is 20.0 Å². The van der Waals surface area contributed by atoms with Crippen LogP contribution in [0.1, 0.15) is 19.4 Å². The number of rotatable bonds is 4. The van der Waals surface area contributed by atoms with Crippen molar-refractivity contribution in [1.29, 1.82) is 0 Å². The summed E-state index contributed by atoms with van der Waals surface area (Å²) in [5.41, 5.74) is 1.34. The van der Waals surface area contributed by atoms with Crippen LogP contribution in [0.5, 0.6) is 0 Å². The van der Waals surface area contributed by atoms with Crippen molar-refractivity contribution in [2.24, 2.45) is 0 Å². The fourth-order valence-corrected chi connectivity index (χ4v) is 1.82. The topological polar surface area (TPSA) is 29.3 Å². The smallest absolute Gasteiger partial charge is 0.302 e. The molecule has 0 N–H and O–H groups in total. The number of ether oxygens (including phenoxy) is 1. The fourth-order valence-electron chi connectivity index (χ4n) is 1.82. The van der Waals surface area contributed by atoms with E-state index < -0.39 is 0 Å². The van der Waals surface area contributed by atoms with E-state index in [9.17, 15) is 4.79 Å². The molecule has 0 radical (unpaired) electrons. The van der Waals surface area contributed by atoms with Crippen LogP contribution < -0.4 is 0 Å². The van der Waals surface area contributed by atoms with Gasteiger partial charge in [-0.15, -0.1) is 0 Å². The molecule has 0 aliphatic carbocycles. The molecule has 2 rings (SSSR count). The molecule has 16 heavy (non-hydrogen) atoms. The summed E-state index contributed by atoms with van der Waals surface area (Å²) in [6, 6.07) is 10.3. The summed E-state index contributed by atoms with van der Waals surface area (Å²) in [4.78, 5) is 13.1. The third-order valence-corrected chi connectivity index (χ3v) is 2.99. The zero-order valence-electron chi connectivity index (χ0n) is 9.77. The second-order valence-electron chi connectivity index (χ2n) is 4.62. The Bertz CT molecular complexity index is 377. The Labute approximate surface area is 96.0 Å². The van der Waals surface area contributed by atoms with Gasteiger partial charge in [0.15, 0.2) is 0 Å². The molecule has 1 heterocycles. The molecule has 1 aromatic carbocycles. The molecule has 1 aliphatic heterocycles. The highest BCUT2D eigenvalue weighted by molar-refractivity contribution is 5.66. The van der Waals surface area contributed by atoms with E-state index in [2.05, 4.69) is 24.0 Å². The van der Waals surface area contributed by atoms with E-state index >= 15 is 0 Å². The zero-order chi connectivity index (χ0) is 11.6. The molecule has 1 aliphatic rings. The quantitative estimate of drug-likeness (QED) is 0.571. The molecule has 1 unspecified atom stereocenters. The van der Waals surface area contributed by atoms with Crippen molar-refractivity contribution < 1.29 is 9.53 Å². The van der Waals surface area contributed by atoms with Gasteiger partial charge >= 0.3 is 5.97 Å². The summed E-state index contributed by atoms with van der Waals surface area (Å²) in [6.07, 6.45) is 0. The van der Waals surface area contributed by atoms with Crippen LogP contribution in [0, 0.1) is 0 Å². The molecule has 0 spiro atoms. The number of hydrogen-bond acceptors (Lipinski definition) is 3. The minimum absolute atomic E-state index is 0.0432. The Morgan fingerprint density at radius 3 is 2.75 bits per heavy atom. The van der Waals surface area contributed by atoms with Crippen LogP contribution in [0.3, 0.4) is 0 Å². The van der Waals surface area contributed by atoms with Gasteiger partial charge in [-0.05, 0) is 12.5 Å². The first-order chi connectivity index (χ1) is 7.60. The molecule has 0 saturated carbocycles. The summed E-state index contributed by atoms with van der Waals surface area (Å²) in [5, 5.41) is 0. The van der Waals surface area contributed by atoms with E-state index in [4.69, 9.17) is 4.74 Å². The first kappa shape index (κ1) is 11.1. The second kappa shape index (κ2) is 4.26. The van der Waals surface area contributed by atoms with Crippen molar-refractivity contribution in [2.75, 3.05) is 13.2 Å². The standard InChI is InChI=1S/C13H17NO2/c1-11(15)16-10-13(2)9-14(13)8-12-6-4-3-5-7-12/h3-7H,8-10H2,1-2H3/t13-,14?/m0/s1. The summed E-state index contributed by atoms with van der Waals surface area (Å²) < 4.78 is 5.06. The van der Waals surface area contributed by atoms with Crippen LogP contribution in [-0.2, 0) is 16.1 Å². The van der Waals surface area contributed by atoms with E-state index in [1.54, 1.807) is 0 Å². The van der Waals surface area contributed by atoms with Crippen molar-refractivity contribution in [1.82, 2.24) is 4.90 Å². The Morgan fingerprint density at radius 1 is 1.44 bits per heavy atom. The van der Waals surface area contributed by atoms with Crippen molar-refractivity contribution >= 4 is 5.97 Å². The van der Waals surface area contributed by atoms with Crippen LogP contribution in [0.25, 0.3) is 0 Å². The summed E-state index contributed by atoms with van der Waals surface area (Å²) >= 11 is 0. The first-order valence-corrected chi connectivity index (χ1v) is 5.52. The lowest BCUT2D eigenvalue weighted by Crippen LogP contribution is -2.22. The number of carbonyl (C=O) groups is 1. The van der Waals surface area contributed by atoms with E-state index in [-0.39, 0.29) is 11.5 Å². The molecular formula is C13H17NO2. The number of esters is 1. The average Bonchev–Trinajstić information content (AvgIpc) is 2.89. The Morgan fingerprint density at radius 2 is 2.12 bits per heavy atom. The van der Waals surface area contributed by atoms with Crippen molar-refractivity contribution in [3.05, 3.63) is 35.9 Å². The zero-order valence-corrected chi connectivity index (χ0v) is 9.77. The lowest BCUT2D eigenvalue weighted by Gasteiger charge is -2.12. The Kier molecular flexibility index (Phi) is 2.97. The number of carbonyl (C=O) groups excluding carboxylic acids is 1. The molecule has 1 fully saturated rings.